The van der Waals surface area contributed by atoms with Crippen LogP contribution in [0.25, 0.3) is 6.08 Å². The summed E-state index contributed by atoms with van der Waals surface area (Å²) in [5, 5.41) is 73.9. The Hall–Kier alpha value is -3.81. The maximum absolute atomic E-state index is 13.9. The smallest absolute Gasteiger partial charge is 0.340 e. The van der Waals surface area contributed by atoms with Gasteiger partial charge in [-0.1, -0.05) is 56.3 Å². The number of benzene rings is 1. The number of hydrogen-bond donors (Lipinski definition) is 6. The molecule has 4 heterocycles. The van der Waals surface area contributed by atoms with Crippen molar-refractivity contribution < 1.29 is 92.3 Å². The minimum atomic E-state index is -2.18. The van der Waals surface area contributed by atoms with Gasteiger partial charge in [0.05, 0.1) is 53.2 Å². The largest absolute Gasteiger partial charge is 0.458 e. The van der Waals surface area contributed by atoms with Crippen LogP contribution < -0.4 is 0 Å². The molecule has 0 radical (unpaired) electrons. The van der Waals surface area contributed by atoms with Crippen LogP contribution in [0.15, 0.2) is 73.1 Å². The van der Waals surface area contributed by atoms with E-state index in [-0.39, 0.29) is 44.1 Å². The predicted octanol–water partition coefficient (Wildman–Crippen LogP) is 3.69. The third-order valence-corrected chi connectivity index (χ3v) is 19.0. The number of methoxy groups -OCH3 is 3. The van der Waals surface area contributed by atoms with Crippen LogP contribution in [0.2, 0.25) is 0 Å². The molecule has 0 spiro atoms. The van der Waals surface area contributed by atoms with E-state index in [0.29, 0.717) is 12.8 Å². The molecule has 2 unspecified atom stereocenters. The van der Waals surface area contributed by atoms with Crippen LogP contribution in [-0.2, 0) is 56.9 Å². The third-order valence-electron chi connectivity index (χ3n) is 19.0. The normalized spacial score (nSPS) is 46.1. The Morgan fingerprint density at radius 1 is 0.753 bits per heavy atom. The van der Waals surface area contributed by atoms with Crippen molar-refractivity contribution in [1.29, 1.82) is 0 Å². The molecule has 20 heteroatoms. The van der Waals surface area contributed by atoms with Gasteiger partial charge in [-0.25, -0.2) is 9.59 Å². The van der Waals surface area contributed by atoms with Crippen LogP contribution in [0.3, 0.4) is 0 Å². The summed E-state index contributed by atoms with van der Waals surface area (Å²) in [5.41, 5.74) is -9.97. The number of aromatic nitrogens is 1. The highest BCUT2D eigenvalue weighted by atomic mass is 16.8. The fourth-order valence-electron chi connectivity index (χ4n) is 14.3. The monoisotopic (exact) mass is 1080 g/mol. The Kier molecular flexibility index (Phi) is 16.7. The van der Waals surface area contributed by atoms with E-state index in [0.717, 1.165) is 5.56 Å². The van der Waals surface area contributed by atoms with Gasteiger partial charge in [-0.3, -0.25) is 4.98 Å². The van der Waals surface area contributed by atoms with Gasteiger partial charge in [0.1, 0.15) is 59.5 Å². The zero-order valence-corrected chi connectivity index (χ0v) is 45.4. The molecule has 0 amide bonds. The van der Waals surface area contributed by atoms with Gasteiger partial charge in [0.2, 0.25) is 0 Å². The van der Waals surface area contributed by atoms with Gasteiger partial charge in [-0.2, -0.15) is 0 Å². The van der Waals surface area contributed by atoms with Gasteiger partial charge in [-0.15, -0.1) is 0 Å². The predicted molar refractivity (Wildman–Crippen MR) is 272 cm³/mol. The molecule has 3 aliphatic heterocycles. The summed E-state index contributed by atoms with van der Waals surface area (Å²) >= 11 is 0. The number of rotatable bonds is 15. The quantitative estimate of drug-likeness (QED) is 0.0843. The summed E-state index contributed by atoms with van der Waals surface area (Å²) in [5.74, 6) is -2.43. The van der Waals surface area contributed by atoms with E-state index < -0.39 is 149 Å². The van der Waals surface area contributed by atoms with E-state index in [2.05, 4.69) is 4.98 Å². The molecule has 6 N–H and O–H groups in total. The highest BCUT2D eigenvalue weighted by molar-refractivity contribution is 5.89. The SMILES string of the molecule is CO[C@@H]1[C@@H](O)[C@H](O[C@@H]2[C@@H](C)O[C@@H](O[C@H]3[C@@H](OC)C[C@H](O[C@H]4CC[C@]5(C)[C@H]6CC(OC(=O)/C=C/c7ccccc7)[C@@]7(C)[C@](O)(CC[C@@]7(O)C(C)OC(=O)c7cccnc7)[C@]6(O)C=C[C@@]5(O)C4)O[C@@H]3C)C[C@H]2OC)O[C@H](C)[C@H]1O. The molecule has 1 aromatic heterocycles. The van der Waals surface area contributed by atoms with Crippen LogP contribution >= 0.6 is 0 Å². The molecule has 20 nitrogen and oxygen atoms in total. The highest BCUT2D eigenvalue weighted by Gasteiger charge is 2.82. The van der Waals surface area contributed by atoms with E-state index in [9.17, 15) is 40.2 Å². The molecule has 9 rings (SSSR count). The number of carbonyl (C=O) groups excluding carboxylic acids is 2. The second kappa shape index (κ2) is 22.3. The first-order valence-corrected chi connectivity index (χ1v) is 27.0. The topological polar surface area (TPSA) is 270 Å². The van der Waals surface area contributed by atoms with Crippen LogP contribution in [0.5, 0.6) is 0 Å². The number of hydrogen-bond acceptors (Lipinski definition) is 20. The first kappa shape index (κ1) is 57.9. The molecule has 1 aromatic carbocycles. The molecule has 4 aliphatic carbocycles. The Bertz CT molecular complexity index is 2440. The van der Waals surface area contributed by atoms with Crippen molar-refractivity contribution in [3.05, 3.63) is 84.2 Å². The molecule has 77 heavy (non-hydrogen) atoms. The van der Waals surface area contributed by atoms with Gasteiger partial charge in [0.15, 0.2) is 18.9 Å². The van der Waals surface area contributed by atoms with Crippen molar-refractivity contribution in [2.75, 3.05) is 21.3 Å². The number of esters is 2. The zero-order valence-electron chi connectivity index (χ0n) is 45.4. The van der Waals surface area contributed by atoms with Crippen molar-refractivity contribution in [1.82, 2.24) is 4.98 Å². The number of nitrogens with zero attached hydrogens (tertiary/aromatic N) is 1. The number of carbonyl (C=O) groups is 2. The molecule has 0 bridgehead atoms. The minimum Gasteiger partial charge on any atom is -0.458 e. The number of aliphatic hydroxyl groups is 6. The van der Waals surface area contributed by atoms with E-state index in [1.165, 1.54) is 44.6 Å². The fourth-order valence-corrected chi connectivity index (χ4v) is 14.3. The van der Waals surface area contributed by atoms with Gasteiger partial charge in [-0.05, 0) is 83.6 Å². The second-order valence-corrected chi connectivity index (χ2v) is 22.9. The molecule has 3 saturated heterocycles. The summed E-state index contributed by atoms with van der Waals surface area (Å²) in [4.78, 5) is 31.4. The lowest BCUT2D eigenvalue weighted by Gasteiger charge is -2.68. The first-order chi connectivity index (χ1) is 36.5. The highest BCUT2D eigenvalue weighted by Crippen LogP contribution is 2.71. The molecule has 23 atom stereocenters. The van der Waals surface area contributed by atoms with Crippen LogP contribution in [0.1, 0.15) is 109 Å². The van der Waals surface area contributed by atoms with Crippen LogP contribution in [0.4, 0.5) is 0 Å². The summed E-state index contributed by atoms with van der Waals surface area (Å²) in [6, 6.07) is 12.3. The molecule has 6 fully saturated rings. The van der Waals surface area contributed by atoms with Crippen molar-refractivity contribution in [3.63, 3.8) is 0 Å². The molecule has 7 aliphatic rings. The Labute approximate surface area is 449 Å². The molecular formula is C57H79NO19. The Morgan fingerprint density at radius 3 is 2.05 bits per heavy atom. The molecule has 426 valence electrons. The maximum Gasteiger partial charge on any atom is 0.340 e. The van der Waals surface area contributed by atoms with E-state index >= 15 is 0 Å². The van der Waals surface area contributed by atoms with Crippen LogP contribution in [0, 0.1) is 16.7 Å². The summed E-state index contributed by atoms with van der Waals surface area (Å²) < 4.78 is 67.6. The average molecular weight is 1080 g/mol. The first-order valence-electron chi connectivity index (χ1n) is 27.0. The average Bonchev–Trinajstić information content (AvgIpc) is 3.96. The van der Waals surface area contributed by atoms with Crippen molar-refractivity contribution in [2.24, 2.45) is 16.7 Å². The maximum atomic E-state index is 13.9. The lowest BCUT2D eigenvalue weighted by Crippen LogP contribution is -2.80. The lowest BCUT2D eigenvalue weighted by atomic mass is 9.41. The van der Waals surface area contributed by atoms with E-state index in [1.54, 1.807) is 46.3 Å². The summed E-state index contributed by atoms with van der Waals surface area (Å²) in [7, 11) is 4.54. The Morgan fingerprint density at radius 2 is 1.42 bits per heavy atom. The Balaban J connectivity index is 0.896. The summed E-state index contributed by atoms with van der Waals surface area (Å²) in [6.07, 6.45) is -3.33. The van der Waals surface area contributed by atoms with Crippen molar-refractivity contribution in [3.8, 4) is 0 Å². The number of fused-ring (bicyclic) bond motifs is 5. The number of pyridine rings is 1. The zero-order chi connectivity index (χ0) is 55.5. The van der Waals surface area contributed by atoms with Crippen molar-refractivity contribution in [2.45, 2.75) is 214 Å². The third kappa shape index (κ3) is 10.0. The fraction of sp³-hybridized carbons (Fsp3) is 0.702. The molecule has 3 saturated carbocycles. The van der Waals surface area contributed by atoms with Crippen molar-refractivity contribution >= 4 is 18.0 Å². The number of aliphatic hydroxyl groups excluding tert-OH is 2. The van der Waals surface area contributed by atoms with E-state index in [1.807, 2.05) is 51.1 Å². The second-order valence-electron chi connectivity index (χ2n) is 22.9. The summed E-state index contributed by atoms with van der Waals surface area (Å²) in [6.45, 7) is 10.3. The van der Waals surface area contributed by atoms with Gasteiger partial charge < -0.3 is 82.7 Å². The van der Waals surface area contributed by atoms with Gasteiger partial charge >= 0.3 is 11.9 Å². The standard InChI is InChI=1S/C57H79NO19/c1-31-45(60)49(69-9)46(61)51(72-31)77-48-33(3)71-44(27-39(48)68-8)76-47-32(2)70-43(26-38(47)67-7)74-37-19-20-52(5)40-28-41(75-42(59)18-17-35-14-11-10-12-15-35)53(6)55(64,34(4)73-50(62)36-16-13-25-58-30-36)23-24-57(53,66)56(40,65)22-21-54(52,63)29-37/h10-18,21-22,25,30-34,37-41,43-49,51,60-61,63-66H,19-20,23-24,26-29H2,1-9H3/b18-17+/t31-,32-,33-,34?,37+,38+,39-,40-,41?,43+,44+,45-,46-,47-,48-,49+,51+,52-,53-,54-,55-,56+,57-/m1/s1. The van der Waals surface area contributed by atoms with E-state index in [4.69, 9.17) is 52.1 Å². The molecule has 2 aromatic rings. The van der Waals surface area contributed by atoms with Gasteiger partial charge in [0, 0.05) is 70.4 Å². The lowest BCUT2D eigenvalue weighted by molar-refractivity contribution is -0.353. The van der Waals surface area contributed by atoms with Crippen LogP contribution in [-0.4, -0.2) is 190 Å². The van der Waals surface area contributed by atoms with Gasteiger partial charge in [0.25, 0.3) is 0 Å². The number of ether oxygens (including phenoxy) is 11. The molecular weight excluding hydrogens is 1000 g/mol. The minimum absolute atomic E-state index is 0.0832.